The van der Waals surface area contributed by atoms with Crippen molar-refractivity contribution in [2.24, 2.45) is 0 Å². The number of para-hydroxylation sites is 1. The SMILES string of the molecule is O=C(O)C(=O)O.OCCNCCOc1ccccc1Br. The molecular formula is C12H16BrNO6. The highest BCUT2D eigenvalue weighted by atomic mass is 79.9. The van der Waals surface area contributed by atoms with E-state index in [1.165, 1.54) is 0 Å². The molecule has 0 fully saturated rings. The molecule has 0 heterocycles. The standard InChI is InChI=1S/C10H14BrNO2.C2H2O4/c11-9-3-1-2-4-10(9)14-8-6-12-5-7-13;3-1(4)2(5)6/h1-4,12-13H,5-8H2;(H,3,4)(H,5,6). The van der Waals surface area contributed by atoms with Gasteiger partial charge in [-0.1, -0.05) is 12.1 Å². The van der Waals surface area contributed by atoms with Gasteiger partial charge in [0.25, 0.3) is 0 Å². The van der Waals surface area contributed by atoms with E-state index in [2.05, 4.69) is 21.2 Å². The van der Waals surface area contributed by atoms with E-state index in [4.69, 9.17) is 29.6 Å². The van der Waals surface area contributed by atoms with E-state index in [1.807, 2.05) is 24.3 Å². The van der Waals surface area contributed by atoms with Gasteiger partial charge in [0.05, 0.1) is 11.1 Å². The number of aliphatic hydroxyl groups is 1. The van der Waals surface area contributed by atoms with Crippen molar-refractivity contribution < 1.29 is 29.6 Å². The summed E-state index contributed by atoms with van der Waals surface area (Å²) in [6.45, 7) is 2.11. The maximum absolute atomic E-state index is 9.10. The second-order valence-electron chi connectivity index (χ2n) is 3.36. The van der Waals surface area contributed by atoms with Crippen LogP contribution in [0.5, 0.6) is 5.75 Å². The molecule has 1 aromatic rings. The largest absolute Gasteiger partial charge is 0.491 e. The van der Waals surface area contributed by atoms with Crippen molar-refractivity contribution in [3.63, 3.8) is 0 Å². The van der Waals surface area contributed by atoms with Gasteiger partial charge in [0.15, 0.2) is 0 Å². The van der Waals surface area contributed by atoms with Crippen LogP contribution in [0, 0.1) is 0 Å². The predicted molar refractivity (Wildman–Crippen MR) is 74.9 cm³/mol. The van der Waals surface area contributed by atoms with Crippen LogP contribution in [0.15, 0.2) is 28.7 Å². The lowest BCUT2D eigenvalue weighted by atomic mass is 10.3. The lowest BCUT2D eigenvalue weighted by Gasteiger charge is -2.07. The Labute approximate surface area is 124 Å². The van der Waals surface area contributed by atoms with Crippen LogP contribution < -0.4 is 10.1 Å². The van der Waals surface area contributed by atoms with E-state index >= 15 is 0 Å². The number of carboxylic acids is 2. The van der Waals surface area contributed by atoms with Gasteiger partial charge in [-0.3, -0.25) is 0 Å². The van der Waals surface area contributed by atoms with Crippen molar-refractivity contribution in [3.8, 4) is 5.75 Å². The van der Waals surface area contributed by atoms with Crippen molar-refractivity contribution in [2.75, 3.05) is 26.3 Å². The van der Waals surface area contributed by atoms with Crippen LogP contribution in [0.3, 0.4) is 0 Å². The van der Waals surface area contributed by atoms with E-state index in [0.717, 1.165) is 16.8 Å². The molecule has 20 heavy (non-hydrogen) atoms. The first kappa shape index (κ1) is 18.4. The van der Waals surface area contributed by atoms with Crippen LogP contribution in [-0.2, 0) is 9.59 Å². The summed E-state index contributed by atoms with van der Waals surface area (Å²) in [5.74, 6) is -2.80. The fourth-order valence-electron chi connectivity index (χ4n) is 0.999. The maximum Gasteiger partial charge on any atom is 0.414 e. The fraction of sp³-hybridized carbons (Fsp3) is 0.333. The topological polar surface area (TPSA) is 116 Å². The number of rotatable bonds is 6. The number of aliphatic carboxylic acids is 2. The normalized spacial score (nSPS) is 9.30. The second kappa shape index (κ2) is 11.2. The van der Waals surface area contributed by atoms with Crippen molar-refractivity contribution in [3.05, 3.63) is 28.7 Å². The second-order valence-corrected chi connectivity index (χ2v) is 4.22. The molecule has 0 radical (unpaired) electrons. The van der Waals surface area contributed by atoms with Crippen LogP contribution in [0.1, 0.15) is 0 Å². The summed E-state index contributed by atoms with van der Waals surface area (Å²) in [5.41, 5.74) is 0. The highest BCUT2D eigenvalue weighted by Gasteiger charge is 2.04. The third-order valence-electron chi connectivity index (χ3n) is 1.84. The van der Waals surface area contributed by atoms with Crippen LogP contribution in [0.4, 0.5) is 0 Å². The Balaban J connectivity index is 0.000000511. The molecule has 0 aliphatic heterocycles. The molecule has 0 aromatic heterocycles. The lowest BCUT2D eigenvalue weighted by Crippen LogP contribution is -2.23. The van der Waals surface area contributed by atoms with E-state index < -0.39 is 11.9 Å². The van der Waals surface area contributed by atoms with Crippen molar-refractivity contribution in [1.29, 1.82) is 0 Å². The Hall–Kier alpha value is -1.64. The summed E-state index contributed by atoms with van der Waals surface area (Å²) in [5, 5.41) is 26.3. The van der Waals surface area contributed by atoms with Gasteiger partial charge in [-0.25, -0.2) is 9.59 Å². The summed E-state index contributed by atoms with van der Waals surface area (Å²) < 4.78 is 6.45. The van der Waals surface area contributed by atoms with Crippen LogP contribution in [0.2, 0.25) is 0 Å². The number of ether oxygens (including phenoxy) is 1. The molecule has 0 spiro atoms. The van der Waals surface area contributed by atoms with Gasteiger partial charge in [0.1, 0.15) is 12.4 Å². The highest BCUT2D eigenvalue weighted by molar-refractivity contribution is 9.10. The number of carbonyl (C=O) groups is 2. The minimum Gasteiger partial charge on any atom is -0.491 e. The molecule has 0 saturated heterocycles. The van der Waals surface area contributed by atoms with E-state index in [1.54, 1.807) is 0 Å². The van der Waals surface area contributed by atoms with Crippen molar-refractivity contribution in [2.45, 2.75) is 0 Å². The number of hydrogen-bond donors (Lipinski definition) is 4. The molecule has 0 amide bonds. The average molecular weight is 350 g/mol. The van der Waals surface area contributed by atoms with Crippen LogP contribution in [0.25, 0.3) is 0 Å². The first-order chi connectivity index (χ1) is 9.49. The van der Waals surface area contributed by atoms with Gasteiger partial charge in [0.2, 0.25) is 0 Å². The monoisotopic (exact) mass is 349 g/mol. The van der Waals surface area contributed by atoms with E-state index in [9.17, 15) is 0 Å². The molecule has 1 aromatic carbocycles. The molecule has 0 bridgehead atoms. The van der Waals surface area contributed by atoms with Gasteiger partial charge in [-0.05, 0) is 28.1 Å². The molecule has 0 aliphatic carbocycles. The summed E-state index contributed by atoms with van der Waals surface area (Å²) in [6, 6.07) is 7.73. The molecular weight excluding hydrogens is 334 g/mol. The molecule has 0 saturated carbocycles. The summed E-state index contributed by atoms with van der Waals surface area (Å²) in [7, 11) is 0. The zero-order valence-electron chi connectivity index (χ0n) is 10.6. The lowest BCUT2D eigenvalue weighted by molar-refractivity contribution is -0.159. The first-order valence-electron chi connectivity index (χ1n) is 5.64. The van der Waals surface area contributed by atoms with Gasteiger partial charge in [-0.2, -0.15) is 0 Å². The Morgan fingerprint density at radius 1 is 1.15 bits per heavy atom. The molecule has 8 heteroatoms. The summed E-state index contributed by atoms with van der Waals surface area (Å²) in [4.78, 5) is 18.2. The third-order valence-corrected chi connectivity index (χ3v) is 2.50. The fourth-order valence-corrected chi connectivity index (χ4v) is 1.40. The predicted octanol–water partition coefficient (Wildman–Crippen LogP) is 0.565. The maximum atomic E-state index is 9.10. The molecule has 112 valence electrons. The van der Waals surface area contributed by atoms with Gasteiger partial charge in [-0.15, -0.1) is 0 Å². The van der Waals surface area contributed by atoms with E-state index in [-0.39, 0.29) is 6.61 Å². The molecule has 7 nitrogen and oxygen atoms in total. The van der Waals surface area contributed by atoms with Crippen molar-refractivity contribution >= 4 is 27.9 Å². The summed E-state index contributed by atoms with van der Waals surface area (Å²) >= 11 is 3.39. The minimum absolute atomic E-state index is 0.162. The Morgan fingerprint density at radius 2 is 1.75 bits per heavy atom. The number of aliphatic hydroxyl groups excluding tert-OH is 1. The smallest absolute Gasteiger partial charge is 0.414 e. The summed E-state index contributed by atoms with van der Waals surface area (Å²) in [6.07, 6.45) is 0. The number of halogens is 1. The van der Waals surface area contributed by atoms with Gasteiger partial charge in [0, 0.05) is 13.1 Å². The van der Waals surface area contributed by atoms with E-state index in [0.29, 0.717) is 13.2 Å². The Bertz CT molecular complexity index is 414. The van der Waals surface area contributed by atoms with Gasteiger partial charge < -0.3 is 25.4 Å². The number of hydrogen-bond acceptors (Lipinski definition) is 5. The number of benzene rings is 1. The van der Waals surface area contributed by atoms with Gasteiger partial charge >= 0.3 is 11.9 Å². The number of carboxylic acid groups (broad SMARTS) is 2. The number of nitrogens with one attached hydrogen (secondary N) is 1. The van der Waals surface area contributed by atoms with Crippen LogP contribution in [-0.4, -0.2) is 53.6 Å². The Morgan fingerprint density at radius 3 is 2.25 bits per heavy atom. The molecule has 1 rings (SSSR count). The van der Waals surface area contributed by atoms with Crippen molar-refractivity contribution in [1.82, 2.24) is 5.32 Å². The zero-order chi connectivity index (χ0) is 15.4. The molecule has 4 N–H and O–H groups in total. The van der Waals surface area contributed by atoms with Crippen LogP contribution >= 0.6 is 15.9 Å². The molecule has 0 aliphatic rings. The minimum atomic E-state index is -1.82. The third kappa shape index (κ3) is 9.31. The quantitative estimate of drug-likeness (QED) is 0.438. The Kier molecular flexibility index (Phi) is 10.3. The highest BCUT2D eigenvalue weighted by Crippen LogP contribution is 2.23. The average Bonchev–Trinajstić information content (AvgIpc) is 2.41. The molecule has 0 atom stereocenters. The first-order valence-corrected chi connectivity index (χ1v) is 6.43. The molecule has 0 unspecified atom stereocenters. The zero-order valence-corrected chi connectivity index (χ0v) is 12.2.